The summed E-state index contributed by atoms with van der Waals surface area (Å²) >= 11 is 0. The Hall–Kier alpha value is -1.97. The molecule has 0 aliphatic rings. The van der Waals surface area contributed by atoms with Crippen molar-refractivity contribution >= 4 is 6.03 Å². The number of ether oxygens (including phenoxy) is 1. The fourth-order valence-corrected chi connectivity index (χ4v) is 1.52. The van der Waals surface area contributed by atoms with Crippen LogP contribution in [0.4, 0.5) is 4.79 Å². The molecule has 2 N–H and O–H groups in total. The highest BCUT2D eigenvalue weighted by Gasteiger charge is 2.08. The minimum absolute atomic E-state index is 0.0505. The second kappa shape index (κ2) is 7.37. The van der Waals surface area contributed by atoms with E-state index in [1.54, 1.807) is 6.08 Å². The van der Waals surface area contributed by atoms with E-state index in [0.717, 1.165) is 11.3 Å². The topological polar surface area (TPSA) is 50.4 Å². The second-order valence-electron chi connectivity index (χ2n) is 3.87. The molecule has 1 atom stereocenters. The average Bonchev–Trinajstić information content (AvgIpc) is 2.37. The van der Waals surface area contributed by atoms with E-state index in [-0.39, 0.29) is 12.1 Å². The van der Waals surface area contributed by atoms with Gasteiger partial charge in [-0.25, -0.2) is 4.79 Å². The molecule has 4 heteroatoms. The molecule has 98 valence electrons. The van der Waals surface area contributed by atoms with Crippen LogP contribution in [0.5, 0.6) is 5.75 Å². The van der Waals surface area contributed by atoms with Gasteiger partial charge in [0.1, 0.15) is 5.75 Å². The number of hydrogen-bond acceptors (Lipinski definition) is 2. The van der Waals surface area contributed by atoms with Crippen LogP contribution in [0.15, 0.2) is 36.9 Å². The van der Waals surface area contributed by atoms with E-state index in [0.29, 0.717) is 13.2 Å². The molecular weight excluding hydrogens is 228 g/mol. The molecule has 0 aliphatic carbocycles. The van der Waals surface area contributed by atoms with Crippen LogP contribution in [0.1, 0.15) is 25.5 Å². The maximum absolute atomic E-state index is 11.5. The highest BCUT2D eigenvalue weighted by Crippen LogP contribution is 2.17. The van der Waals surface area contributed by atoms with Gasteiger partial charge < -0.3 is 15.4 Å². The maximum Gasteiger partial charge on any atom is 0.315 e. The standard InChI is InChI=1S/C14H20N2O2/c1-4-10-15-14(17)16-11(3)12-6-8-13(9-7-12)18-5-2/h4,6-9,11H,1,5,10H2,2-3H3,(H2,15,16,17)/t11-/m1/s1. The Labute approximate surface area is 108 Å². The summed E-state index contributed by atoms with van der Waals surface area (Å²) in [7, 11) is 0. The lowest BCUT2D eigenvalue weighted by Gasteiger charge is -2.15. The summed E-state index contributed by atoms with van der Waals surface area (Å²) in [6.07, 6.45) is 1.64. The second-order valence-corrected chi connectivity index (χ2v) is 3.87. The molecule has 1 aromatic carbocycles. The molecule has 0 saturated carbocycles. The van der Waals surface area contributed by atoms with Crippen LogP contribution in [0.3, 0.4) is 0 Å². The molecule has 0 aromatic heterocycles. The van der Waals surface area contributed by atoms with Crippen LogP contribution < -0.4 is 15.4 Å². The van der Waals surface area contributed by atoms with Crippen molar-refractivity contribution < 1.29 is 9.53 Å². The van der Waals surface area contributed by atoms with E-state index in [1.165, 1.54) is 0 Å². The predicted molar refractivity (Wildman–Crippen MR) is 72.8 cm³/mol. The van der Waals surface area contributed by atoms with E-state index in [1.807, 2.05) is 38.1 Å². The summed E-state index contributed by atoms with van der Waals surface area (Å²) in [5.41, 5.74) is 1.03. The van der Waals surface area contributed by atoms with Crippen molar-refractivity contribution in [3.63, 3.8) is 0 Å². The van der Waals surface area contributed by atoms with Gasteiger partial charge in [0, 0.05) is 6.54 Å². The van der Waals surface area contributed by atoms with Crippen molar-refractivity contribution in [1.82, 2.24) is 10.6 Å². The first-order valence-corrected chi connectivity index (χ1v) is 6.05. The predicted octanol–water partition coefficient (Wildman–Crippen LogP) is 2.63. The molecular formula is C14H20N2O2. The van der Waals surface area contributed by atoms with E-state index in [9.17, 15) is 4.79 Å². The molecule has 0 spiro atoms. The third-order valence-corrected chi connectivity index (χ3v) is 2.45. The first-order valence-electron chi connectivity index (χ1n) is 6.05. The third kappa shape index (κ3) is 4.49. The number of hydrogen-bond donors (Lipinski definition) is 2. The Bertz CT molecular complexity index is 387. The monoisotopic (exact) mass is 248 g/mol. The highest BCUT2D eigenvalue weighted by atomic mass is 16.5. The number of carbonyl (C=O) groups excluding carboxylic acids is 1. The van der Waals surface area contributed by atoms with Crippen molar-refractivity contribution in [2.75, 3.05) is 13.2 Å². The van der Waals surface area contributed by atoms with Gasteiger partial charge in [0.2, 0.25) is 0 Å². The molecule has 1 rings (SSSR count). The average molecular weight is 248 g/mol. The van der Waals surface area contributed by atoms with Gasteiger partial charge in [-0.3, -0.25) is 0 Å². The van der Waals surface area contributed by atoms with Gasteiger partial charge in [-0.05, 0) is 31.5 Å². The summed E-state index contributed by atoms with van der Waals surface area (Å²) in [4.78, 5) is 11.5. The lowest BCUT2D eigenvalue weighted by molar-refractivity contribution is 0.239. The number of amides is 2. The number of rotatable bonds is 6. The van der Waals surface area contributed by atoms with Crippen molar-refractivity contribution in [1.29, 1.82) is 0 Å². The summed E-state index contributed by atoms with van der Waals surface area (Å²) in [5.74, 6) is 0.838. The van der Waals surface area contributed by atoms with Crippen LogP contribution >= 0.6 is 0 Å². The smallest absolute Gasteiger partial charge is 0.315 e. The minimum atomic E-state index is -0.198. The van der Waals surface area contributed by atoms with Crippen molar-refractivity contribution in [2.45, 2.75) is 19.9 Å². The summed E-state index contributed by atoms with van der Waals surface area (Å²) in [5, 5.41) is 5.52. The molecule has 0 aliphatic heterocycles. The van der Waals surface area contributed by atoms with E-state index in [2.05, 4.69) is 17.2 Å². The van der Waals surface area contributed by atoms with Crippen LogP contribution in [0.2, 0.25) is 0 Å². The van der Waals surface area contributed by atoms with Crippen molar-refractivity contribution in [3.05, 3.63) is 42.5 Å². The van der Waals surface area contributed by atoms with Crippen molar-refractivity contribution in [3.8, 4) is 5.75 Å². The summed E-state index contributed by atoms with van der Waals surface area (Å²) < 4.78 is 5.36. The molecule has 18 heavy (non-hydrogen) atoms. The van der Waals surface area contributed by atoms with Gasteiger partial charge in [0.05, 0.1) is 12.6 Å². The van der Waals surface area contributed by atoms with Crippen molar-refractivity contribution in [2.24, 2.45) is 0 Å². The van der Waals surface area contributed by atoms with Gasteiger partial charge in [-0.15, -0.1) is 6.58 Å². The van der Waals surface area contributed by atoms with E-state index in [4.69, 9.17) is 4.74 Å². The number of carbonyl (C=O) groups is 1. The summed E-state index contributed by atoms with van der Waals surface area (Å²) in [6.45, 7) is 8.53. The Kier molecular flexibility index (Phi) is 5.77. The quantitative estimate of drug-likeness (QED) is 0.760. The number of nitrogens with one attached hydrogen (secondary N) is 2. The largest absolute Gasteiger partial charge is 0.494 e. The lowest BCUT2D eigenvalue weighted by Crippen LogP contribution is -2.36. The Morgan fingerprint density at radius 1 is 1.44 bits per heavy atom. The van der Waals surface area contributed by atoms with Gasteiger partial charge in [-0.1, -0.05) is 18.2 Å². The van der Waals surface area contributed by atoms with Gasteiger partial charge in [-0.2, -0.15) is 0 Å². The number of benzene rings is 1. The lowest BCUT2D eigenvalue weighted by atomic mass is 10.1. The van der Waals surface area contributed by atoms with Crippen LogP contribution in [0, 0.1) is 0 Å². The minimum Gasteiger partial charge on any atom is -0.494 e. The molecule has 0 fully saturated rings. The first kappa shape index (κ1) is 14.1. The third-order valence-electron chi connectivity index (χ3n) is 2.45. The zero-order chi connectivity index (χ0) is 13.4. The maximum atomic E-state index is 11.5. The zero-order valence-corrected chi connectivity index (χ0v) is 10.9. The Morgan fingerprint density at radius 3 is 2.67 bits per heavy atom. The van der Waals surface area contributed by atoms with E-state index < -0.39 is 0 Å². The molecule has 0 unspecified atom stereocenters. The fraction of sp³-hybridized carbons (Fsp3) is 0.357. The SMILES string of the molecule is C=CCNC(=O)N[C@H](C)c1ccc(OCC)cc1. The normalized spacial score (nSPS) is 11.4. The van der Waals surface area contributed by atoms with Crippen LogP contribution in [-0.2, 0) is 0 Å². The molecule has 2 amide bonds. The molecule has 0 radical (unpaired) electrons. The Balaban J connectivity index is 2.52. The number of urea groups is 1. The van der Waals surface area contributed by atoms with Gasteiger partial charge in [0.25, 0.3) is 0 Å². The zero-order valence-electron chi connectivity index (χ0n) is 10.9. The van der Waals surface area contributed by atoms with Crippen LogP contribution in [-0.4, -0.2) is 19.2 Å². The molecule has 0 saturated heterocycles. The molecule has 0 bridgehead atoms. The Morgan fingerprint density at radius 2 is 2.11 bits per heavy atom. The molecule has 0 heterocycles. The van der Waals surface area contributed by atoms with Gasteiger partial charge in [0.15, 0.2) is 0 Å². The fourth-order valence-electron chi connectivity index (χ4n) is 1.52. The van der Waals surface area contributed by atoms with Gasteiger partial charge >= 0.3 is 6.03 Å². The highest BCUT2D eigenvalue weighted by molar-refractivity contribution is 5.74. The first-order chi connectivity index (χ1) is 8.67. The summed E-state index contributed by atoms with van der Waals surface area (Å²) in [6, 6.07) is 7.45. The van der Waals surface area contributed by atoms with E-state index >= 15 is 0 Å². The molecule has 4 nitrogen and oxygen atoms in total. The van der Waals surface area contributed by atoms with Crippen LogP contribution in [0.25, 0.3) is 0 Å². The molecule has 1 aromatic rings.